The van der Waals surface area contributed by atoms with E-state index in [0.717, 1.165) is 18.4 Å². The molecule has 3 nitrogen and oxygen atoms in total. The van der Waals surface area contributed by atoms with Crippen molar-refractivity contribution in [3.63, 3.8) is 0 Å². The molecule has 0 bridgehead atoms. The number of halogens is 2. The lowest BCUT2D eigenvalue weighted by Crippen LogP contribution is -2.02. The lowest BCUT2D eigenvalue weighted by molar-refractivity contribution is -0.136. The highest BCUT2D eigenvalue weighted by Crippen LogP contribution is 2.23. The van der Waals surface area contributed by atoms with E-state index < -0.39 is 5.97 Å². The second-order valence-corrected chi connectivity index (χ2v) is 4.87. The van der Waals surface area contributed by atoms with Crippen LogP contribution < -0.4 is 5.73 Å². The van der Waals surface area contributed by atoms with Crippen molar-refractivity contribution in [2.24, 2.45) is 0 Å². The number of anilines is 1. The minimum absolute atomic E-state index is 0.0479. The Balaban J connectivity index is 3.06. The van der Waals surface area contributed by atoms with Gasteiger partial charge in [-0.2, -0.15) is 0 Å². The highest BCUT2D eigenvalue weighted by molar-refractivity contribution is 14.1. The van der Waals surface area contributed by atoms with Crippen LogP contribution in [0.1, 0.15) is 5.56 Å². The second kappa shape index (κ2) is 4.45. The van der Waals surface area contributed by atoms with E-state index in [-0.39, 0.29) is 6.42 Å². The molecule has 0 aromatic heterocycles. The number of hydrogen-bond donors (Lipinski definition) is 2. The van der Waals surface area contributed by atoms with Gasteiger partial charge < -0.3 is 10.8 Å². The van der Waals surface area contributed by atoms with Gasteiger partial charge in [-0.25, -0.2) is 0 Å². The predicted octanol–water partition coefficient (Wildman–Crippen LogP) is 2.11. The van der Waals surface area contributed by atoms with E-state index in [0.29, 0.717) is 0 Å². The summed E-state index contributed by atoms with van der Waals surface area (Å²) in [4.78, 5) is 10.4. The van der Waals surface area contributed by atoms with E-state index in [2.05, 4.69) is 45.2 Å². The van der Waals surface area contributed by atoms with Crippen LogP contribution in [-0.2, 0) is 11.2 Å². The van der Waals surface area contributed by atoms with Crippen LogP contribution in [0, 0.1) is 7.14 Å². The lowest BCUT2D eigenvalue weighted by Gasteiger charge is -2.04. The third kappa shape index (κ3) is 2.97. The molecule has 0 spiro atoms. The average molecular weight is 403 g/mol. The number of aliphatic carboxylic acids is 1. The molecule has 0 aliphatic rings. The molecular formula is C8H7I2NO2. The van der Waals surface area contributed by atoms with Gasteiger partial charge in [-0.05, 0) is 62.9 Å². The lowest BCUT2D eigenvalue weighted by atomic mass is 10.1. The number of carbonyl (C=O) groups is 1. The van der Waals surface area contributed by atoms with Gasteiger partial charge in [0.05, 0.1) is 12.1 Å². The van der Waals surface area contributed by atoms with Crippen LogP contribution in [0.25, 0.3) is 0 Å². The summed E-state index contributed by atoms with van der Waals surface area (Å²) >= 11 is 4.20. The Hall–Kier alpha value is -0.0500. The fourth-order valence-electron chi connectivity index (χ4n) is 0.913. The first-order valence-electron chi connectivity index (χ1n) is 3.46. The fourth-order valence-corrected chi connectivity index (χ4v) is 2.81. The summed E-state index contributed by atoms with van der Waals surface area (Å²) in [5, 5.41) is 8.58. The molecule has 3 N–H and O–H groups in total. The molecule has 0 amide bonds. The van der Waals surface area contributed by atoms with E-state index >= 15 is 0 Å². The molecule has 5 heteroatoms. The molecule has 0 aliphatic heterocycles. The molecule has 0 saturated carbocycles. The number of benzene rings is 1. The maximum Gasteiger partial charge on any atom is 0.307 e. The minimum atomic E-state index is -0.823. The van der Waals surface area contributed by atoms with Gasteiger partial charge in [0.2, 0.25) is 0 Å². The summed E-state index contributed by atoms with van der Waals surface area (Å²) in [6, 6.07) is 3.60. The molecular weight excluding hydrogens is 396 g/mol. The third-order valence-electron chi connectivity index (χ3n) is 1.49. The Kier molecular flexibility index (Phi) is 3.77. The molecule has 0 radical (unpaired) electrons. The zero-order valence-electron chi connectivity index (χ0n) is 6.55. The molecule has 1 aromatic carbocycles. The van der Waals surface area contributed by atoms with Gasteiger partial charge >= 0.3 is 5.97 Å². The number of nitrogen functional groups attached to an aromatic ring is 1. The Morgan fingerprint density at radius 1 is 1.38 bits per heavy atom. The van der Waals surface area contributed by atoms with Crippen molar-refractivity contribution in [2.45, 2.75) is 6.42 Å². The first-order valence-corrected chi connectivity index (χ1v) is 5.61. The van der Waals surface area contributed by atoms with E-state index in [1.54, 1.807) is 12.1 Å². The Labute approximate surface area is 103 Å². The van der Waals surface area contributed by atoms with Gasteiger partial charge in [-0.3, -0.25) is 4.79 Å². The monoisotopic (exact) mass is 403 g/mol. The van der Waals surface area contributed by atoms with Gasteiger partial charge in [0.25, 0.3) is 0 Å². The predicted molar refractivity (Wildman–Crippen MR) is 67.6 cm³/mol. The third-order valence-corrected chi connectivity index (χ3v) is 3.28. The molecule has 0 heterocycles. The van der Waals surface area contributed by atoms with Crippen LogP contribution >= 0.6 is 45.2 Å². The van der Waals surface area contributed by atoms with Gasteiger partial charge in [-0.15, -0.1) is 0 Å². The zero-order chi connectivity index (χ0) is 10.0. The number of carboxylic acid groups (broad SMARTS) is 1. The maximum absolute atomic E-state index is 10.4. The highest BCUT2D eigenvalue weighted by atomic mass is 127. The van der Waals surface area contributed by atoms with Gasteiger partial charge in [0.15, 0.2) is 0 Å². The summed E-state index contributed by atoms with van der Waals surface area (Å²) in [5.74, 6) is -0.823. The summed E-state index contributed by atoms with van der Waals surface area (Å²) in [7, 11) is 0. The minimum Gasteiger partial charge on any atom is -0.481 e. The van der Waals surface area contributed by atoms with Crippen LogP contribution in [0.15, 0.2) is 12.1 Å². The molecule has 0 aliphatic carbocycles. The summed E-state index contributed by atoms with van der Waals surface area (Å²) in [6.45, 7) is 0. The smallest absolute Gasteiger partial charge is 0.307 e. The van der Waals surface area contributed by atoms with Crippen LogP contribution in [0.2, 0.25) is 0 Å². The van der Waals surface area contributed by atoms with Crippen LogP contribution in [0.4, 0.5) is 5.69 Å². The summed E-state index contributed by atoms with van der Waals surface area (Å²) in [5.41, 5.74) is 7.22. The quantitative estimate of drug-likeness (QED) is 0.588. The van der Waals surface area contributed by atoms with E-state index in [1.807, 2.05) is 0 Å². The molecule has 0 unspecified atom stereocenters. The van der Waals surface area contributed by atoms with Crippen LogP contribution in [0.5, 0.6) is 0 Å². The number of nitrogens with two attached hydrogens (primary N) is 1. The van der Waals surface area contributed by atoms with Gasteiger partial charge in [0.1, 0.15) is 0 Å². The number of carboxylic acids is 1. The first kappa shape index (κ1) is 11.0. The fraction of sp³-hybridized carbons (Fsp3) is 0.125. The topological polar surface area (TPSA) is 63.3 Å². The SMILES string of the molecule is Nc1c(I)cc(CC(=O)O)cc1I. The molecule has 1 aromatic rings. The Bertz CT molecular complexity index is 329. The standard InChI is InChI=1S/C8H7I2NO2/c9-5-1-4(3-7(12)13)2-6(10)8(5)11/h1-2H,3,11H2,(H,12,13). The molecule has 13 heavy (non-hydrogen) atoms. The van der Waals surface area contributed by atoms with Gasteiger partial charge in [0, 0.05) is 7.14 Å². The van der Waals surface area contributed by atoms with Gasteiger partial charge in [-0.1, -0.05) is 0 Å². The Morgan fingerprint density at radius 2 is 1.85 bits per heavy atom. The van der Waals surface area contributed by atoms with Crippen molar-refractivity contribution in [2.75, 3.05) is 5.73 Å². The van der Waals surface area contributed by atoms with Crippen molar-refractivity contribution < 1.29 is 9.90 Å². The van der Waals surface area contributed by atoms with Crippen LogP contribution in [0.3, 0.4) is 0 Å². The molecule has 1 rings (SSSR count). The summed E-state index contributed by atoms with van der Waals surface area (Å²) in [6.07, 6.45) is 0.0479. The van der Waals surface area contributed by atoms with Crippen LogP contribution in [-0.4, -0.2) is 11.1 Å². The van der Waals surface area contributed by atoms with Crippen molar-refractivity contribution in [3.05, 3.63) is 24.8 Å². The van der Waals surface area contributed by atoms with E-state index in [9.17, 15) is 4.79 Å². The maximum atomic E-state index is 10.4. The van der Waals surface area contributed by atoms with Crippen molar-refractivity contribution in [3.8, 4) is 0 Å². The van der Waals surface area contributed by atoms with Crippen molar-refractivity contribution >= 4 is 56.8 Å². The summed E-state index contributed by atoms with van der Waals surface area (Å²) < 4.78 is 1.81. The number of hydrogen-bond acceptors (Lipinski definition) is 2. The Morgan fingerprint density at radius 3 is 2.23 bits per heavy atom. The van der Waals surface area contributed by atoms with Crippen molar-refractivity contribution in [1.82, 2.24) is 0 Å². The molecule has 0 atom stereocenters. The molecule has 0 fully saturated rings. The molecule has 70 valence electrons. The first-order chi connectivity index (χ1) is 6.00. The normalized spacial score (nSPS) is 10.0. The van der Waals surface area contributed by atoms with Crippen molar-refractivity contribution in [1.29, 1.82) is 0 Å². The number of rotatable bonds is 2. The molecule has 0 saturated heterocycles. The van der Waals surface area contributed by atoms with E-state index in [4.69, 9.17) is 10.8 Å². The van der Waals surface area contributed by atoms with E-state index in [1.165, 1.54) is 0 Å². The largest absolute Gasteiger partial charge is 0.481 e. The zero-order valence-corrected chi connectivity index (χ0v) is 10.9. The highest BCUT2D eigenvalue weighted by Gasteiger charge is 2.06. The second-order valence-electron chi connectivity index (χ2n) is 2.54. The average Bonchev–Trinajstić information content (AvgIpc) is 1.98.